The van der Waals surface area contributed by atoms with Crippen molar-refractivity contribution in [2.75, 3.05) is 26.2 Å². The van der Waals surface area contributed by atoms with E-state index < -0.39 is 0 Å². The average Bonchev–Trinajstić information content (AvgIpc) is 3.45. The van der Waals surface area contributed by atoms with Crippen molar-refractivity contribution >= 4 is 87.0 Å². The molecule has 2 aliphatic heterocycles. The molecule has 8 heteroatoms. The summed E-state index contributed by atoms with van der Waals surface area (Å²) in [4.78, 5) is 7.21. The van der Waals surface area contributed by atoms with Gasteiger partial charge in [0.25, 0.3) is 0 Å². The second-order valence-electron chi connectivity index (χ2n) is 6.86. The maximum atomic E-state index is 5.63. The molecule has 0 N–H and O–H groups in total. The molecule has 148 valence electrons. The largest absolute Gasteiger partial charge is 0.357 e. The molecule has 4 rings (SSSR count). The van der Waals surface area contributed by atoms with Gasteiger partial charge in [-0.15, -0.1) is 0 Å². The van der Waals surface area contributed by atoms with E-state index in [-0.39, 0.29) is 0 Å². The summed E-state index contributed by atoms with van der Waals surface area (Å²) in [7, 11) is 7.00. The molecule has 0 unspecified atom stereocenters. The first kappa shape index (κ1) is 21.1. The van der Waals surface area contributed by atoms with Crippen LogP contribution in [0.1, 0.15) is 25.7 Å². The van der Waals surface area contributed by atoms with E-state index in [2.05, 4.69) is 46.2 Å². The molecule has 2 aromatic carbocycles. The van der Waals surface area contributed by atoms with Crippen LogP contribution in [0.3, 0.4) is 0 Å². The molecular weight excluding hydrogens is 461 g/mol. The summed E-state index contributed by atoms with van der Waals surface area (Å²) in [6, 6.07) is 13.1. The minimum Gasteiger partial charge on any atom is -0.357 e. The standard InChI is InChI=1S/C20H22N2S6/c23-19(21-11-3-4-12-21)27-25-17-9-10-18(16-8-2-1-7-15(16)17)26-28-20(24)22-13-5-6-14-22/h1-2,7-10H,3-6,11-14H2. The maximum absolute atomic E-state index is 5.63. The van der Waals surface area contributed by atoms with Gasteiger partial charge in [-0.05, 0) is 91.8 Å². The fourth-order valence-corrected chi connectivity index (χ4v) is 8.58. The zero-order valence-electron chi connectivity index (χ0n) is 15.5. The molecule has 2 saturated heterocycles. The summed E-state index contributed by atoms with van der Waals surface area (Å²) < 4.78 is 2.02. The Hall–Kier alpha value is -0.120. The Kier molecular flexibility index (Phi) is 7.74. The highest BCUT2D eigenvalue weighted by molar-refractivity contribution is 8.84. The van der Waals surface area contributed by atoms with Gasteiger partial charge in [0.05, 0.1) is 0 Å². The monoisotopic (exact) mass is 482 g/mol. The van der Waals surface area contributed by atoms with Gasteiger partial charge in [0.2, 0.25) is 0 Å². The zero-order valence-corrected chi connectivity index (χ0v) is 20.4. The number of hydrogen-bond acceptors (Lipinski definition) is 6. The lowest BCUT2D eigenvalue weighted by atomic mass is 10.1. The molecular formula is C20H22N2S6. The van der Waals surface area contributed by atoms with Gasteiger partial charge < -0.3 is 9.80 Å². The van der Waals surface area contributed by atoms with Crippen molar-refractivity contribution in [3.05, 3.63) is 36.4 Å². The molecule has 0 amide bonds. The predicted octanol–water partition coefficient (Wildman–Crippen LogP) is 7.08. The summed E-state index contributed by atoms with van der Waals surface area (Å²) in [6.45, 7) is 4.43. The van der Waals surface area contributed by atoms with Crippen LogP contribution >= 0.6 is 67.6 Å². The third-order valence-corrected chi connectivity index (χ3v) is 11.2. The summed E-state index contributed by atoms with van der Waals surface area (Å²) in [5.41, 5.74) is 0. The van der Waals surface area contributed by atoms with E-state index in [0.717, 1.165) is 34.8 Å². The van der Waals surface area contributed by atoms with Crippen molar-refractivity contribution < 1.29 is 0 Å². The van der Waals surface area contributed by atoms with Gasteiger partial charge in [0.15, 0.2) is 0 Å². The smallest absolute Gasteiger partial charge is 0.147 e. The number of thiocarbonyl (C=S) groups is 2. The predicted molar refractivity (Wildman–Crippen MR) is 138 cm³/mol. The SMILES string of the molecule is S=C(SSc1ccc(SSC(=S)N2CCCC2)c2ccccc12)N1CCCC1. The van der Waals surface area contributed by atoms with E-state index in [4.69, 9.17) is 24.4 Å². The fraction of sp³-hybridized carbons (Fsp3) is 0.400. The van der Waals surface area contributed by atoms with Crippen molar-refractivity contribution in [1.82, 2.24) is 9.80 Å². The van der Waals surface area contributed by atoms with Crippen molar-refractivity contribution in [3.63, 3.8) is 0 Å². The van der Waals surface area contributed by atoms with Crippen LogP contribution in [0.4, 0.5) is 0 Å². The Morgan fingerprint density at radius 3 is 1.43 bits per heavy atom. The first-order valence-corrected chi connectivity index (χ1v) is 14.6. The van der Waals surface area contributed by atoms with E-state index in [1.807, 2.05) is 0 Å². The zero-order chi connectivity index (χ0) is 19.3. The molecule has 2 heterocycles. The van der Waals surface area contributed by atoms with Crippen molar-refractivity contribution in [2.24, 2.45) is 0 Å². The topological polar surface area (TPSA) is 6.48 Å². The lowest BCUT2D eigenvalue weighted by Crippen LogP contribution is -2.22. The van der Waals surface area contributed by atoms with Gasteiger partial charge in [-0.3, -0.25) is 0 Å². The van der Waals surface area contributed by atoms with Gasteiger partial charge in [-0.25, -0.2) is 0 Å². The maximum Gasteiger partial charge on any atom is 0.147 e. The van der Waals surface area contributed by atoms with Crippen LogP contribution in [0.25, 0.3) is 10.8 Å². The highest BCUT2D eigenvalue weighted by atomic mass is 33.1. The first-order valence-electron chi connectivity index (χ1n) is 9.51. The molecule has 0 bridgehead atoms. The Balaban J connectivity index is 1.45. The van der Waals surface area contributed by atoms with Gasteiger partial charge >= 0.3 is 0 Å². The summed E-state index contributed by atoms with van der Waals surface area (Å²) >= 11 is 11.3. The number of nitrogens with zero attached hydrogens (tertiary/aromatic N) is 2. The first-order chi connectivity index (χ1) is 13.7. The molecule has 0 aromatic heterocycles. The number of benzene rings is 2. The molecule has 2 aromatic rings. The molecule has 2 aliphatic rings. The van der Waals surface area contributed by atoms with Crippen LogP contribution in [0.15, 0.2) is 46.2 Å². The summed E-state index contributed by atoms with van der Waals surface area (Å²) in [5.74, 6) is 0. The fourth-order valence-electron chi connectivity index (χ4n) is 3.45. The van der Waals surface area contributed by atoms with Crippen LogP contribution in [0.2, 0.25) is 0 Å². The molecule has 0 radical (unpaired) electrons. The van der Waals surface area contributed by atoms with Gasteiger partial charge in [-0.1, -0.05) is 48.7 Å². The molecule has 2 nitrogen and oxygen atoms in total. The van der Waals surface area contributed by atoms with E-state index in [9.17, 15) is 0 Å². The van der Waals surface area contributed by atoms with Crippen LogP contribution in [-0.2, 0) is 0 Å². The molecule has 28 heavy (non-hydrogen) atoms. The third-order valence-electron chi connectivity index (χ3n) is 4.98. The Morgan fingerprint density at radius 2 is 1.04 bits per heavy atom. The van der Waals surface area contributed by atoms with E-state index in [1.54, 1.807) is 43.2 Å². The van der Waals surface area contributed by atoms with Crippen LogP contribution in [0, 0.1) is 0 Å². The minimum absolute atomic E-state index is 1.01. The highest BCUT2D eigenvalue weighted by Crippen LogP contribution is 2.43. The van der Waals surface area contributed by atoms with Crippen LogP contribution < -0.4 is 0 Å². The van der Waals surface area contributed by atoms with Gasteiger partial charge in [0, 0.05) is 36.0 Å². The van der Waals surface area contributed by atoms with Crippen molar-refractivity contribution in [3.8, 4) is 0 Å². The van der Waals surface area contributed by atoms with Crippen LogP contribution in [0.5, 0.6) is 0 Å². The summed E-state index contributed by atoms with van der Waals surface area (Å²) in [5, 5.41) is 2.59. The Bertz CT molecular complexity index is 788. The molecule has 2 fully saturated rings. The van der Waals surface area contributed by atoms with Crippen molar-refractivity contribution in [2.45, 2.75) is 35.5 Å². The number of likely N-dealkylation sites (tertiary alicyclic amines) is 2. The molecule has 0 spiro atoms. The molecule has 0 aliphatic carbocycles. The lowest BCUT2D eigenvalue weighted by molar-refractivity contribution is 0.539. The van der Waals surface area contributed by atoms with Gasteiger partial charge in [-0.2, -0.15) is 0 Å². The average molecular weight is 483 g/mol. The summed E-state index contributed by atoms with van der Waals surface area (Å²) in [6.07, 6.45) is 5.04. The second kappa shape index (κ2) is 10.3. The minimum atomic E-state index is 1.01. The highest BCUT2D eigenvalue weighted by Gasteiger charge is 2.18. The number of fused-ring (bicyclic) bond motifs is 1. The molecule has 0 saturated carbocycles. The Labute approximate surface area is 193 Å². The lowest BCUT2D eigenvalue weighted by Gasteiger charge is -2.18. The van der Waals surface area contributed by atoms with Crippen molar-refractivity contribution in [1.29, 1.82) is 0 Å². The third kappa shape index (κ3) is 5.13. The van der Waals surface area contributed by atoms with E-state index >= 15 is 0 Å². The van der Waals surface area contributed by atoms with Gasteiger partial charge in [0.1, 0.15) is 8.64 Å². The quantitative estimate of drug-likeness (QED) is 0.332. The second-order valence-corrected chi connectivity index (χ2v) is 12.5. The number of rotatable bonds is 4. The van der Waals surface area contributed by atoms with E-state index in [1.165, 1.54) is 46.2 Å². The normalized spacial score (nSPS) is 16.9. The Morgan fingerprint density at radius 1 is 0.643 bits per heavy atom. The van der Waals surface area contributed by atoms with Crippen LogP contribution in [-0.4, -0.2) is 44.6 Å². The molecule has 0 atom stereocenters. The van der Waals surface area contributed by atoms with E-state index in [0.29, 0.717) is 0 Å². The number of hydrogen-bond donors (Lipinski definition) is 0.